The number of ether oxygens (including phenoxy) is 1. The second-order valence-electron chi connectivity index (χ2n) is 6.04. The first-order chi connectivity index (χ1) is 13.4. The van der Waals surface area contributed by atoms with Gasteiger partial charge in [0.05, 0.1) is 28.8 Å². The first-order valence-corrected chi connectivity index (χ1v) is 10.3. The number of anilines is 1. The summed E-state index contributed by atoms with van der Waals surface area (Å²) >= 11 is 6.10. The van der Waals surface area contributed by atoms with Crippen LogP contribution in [-0.2, 0) is 19.6 Å². The number of morpholine rings is 1. The summed E-state index contributed by atoms with van der Waals surface area (Å²) in [5, 5.41) is 2.75. The fourth-order valence-corrected chi connectivity index (χ4v) is 4.25. The van der Waals surface area contributed by atoms with E-state index >= 15 is 0 Å². The largest absolute Gasteiger partial charge is 0.379 e. The number of hydrogen-bond donors (Lipinski definition) is 1. The number of carbonyl (C=O) groups is 1. The molecule has 2 aromatic carbocycles. The second-order valence-corrected chi connectivity index (χ2v) is 8.38. The maximum absolute atomic E-state index is 13.2. The van der Waals surface area contributed by atoms with Crippen LogP contribution in [0.25, 0.3) is 6.08 Å². The Kier molecular flexibility index (Phi) is 6.46. The van der Waals surface area contributed by atoms with Crippen molar-refractivity contribution in [2.24, 2.45) is 0 Å². The number of amides is 1. The van der Waals surface area contributed by atoms with Gasteiger partial charge in [0.2, 0.25) is 15.9 Å². The molecule has 1 aliphatic rings. The number of carbonyl (C=O) groups excluding carboxylic acids is 1. The van der Waals surface area contributed by atoms with Gasteiger partial charge in [-0.1, -0.05) is 23.7 Å². The summed E-state index contributed by atoms with van der Waals surface area (Å²) in [6.45, 7) is 1.20. The van der Waals surface area contributed by atoms with Crippen LogP contribution in [0.15, 0.2) is 53.4 Å². The Hall–Kier alpha value is -2.26. The van der Waals surface area contributed by atoms with Crippen LogP contribution in [-0.4, -0.2) is 44.9 Å². The van der Waals surface area contributed by atoms with Crippen LogP contribution in [0.1, 0.15) is 5.56 Å². The number of hydrogen-bond acceptors (Lipinski definition) is 4. The topological polar surface area (TPSA) is 75.7 Å². The van der Waals surface area contributed by atoms with Gasteiger partial charge in [0.15, 0.2) is 0 Å². The molecule has 0 radical (unpaired) electrons. The lowest BCUT2D eigenvalue weighted by Gasteiger charge is -2.26. The minimum absolute atomic E-state index is 0.0308. The van der Waals surface area contributed by atoms with Crippen molar-refractivity contribution in [2.75, 3.05) is 31.6 Å². The molecule has 148 valence electrons. The molecule has 0 saturated carbocycles. The zero-order valence-corrected chi connectivity index (χ0v) is 16.3. The van der Waals surface area contributed by atoms with E-state index in [1.165, 1.54) is 52.9 Å². The Labute approximate surface area is 167 Å². The second kappa shape index (κ2) is 8.83. The van der Waals surface area contributed by atoms with Gasteiger partial charge in [-0.15, -0.1) is 0 Å². The standard InChI is InChI=1S/C19H18ClFN2O4S/c20-17-6-5-16(28(25,26)23-8-10-27-11-9-23)13-18(17)22-19(24)7-4-14-2-1-3-15(21)12-14/h1-7,12-13H,8-11H2,(H,22,24). The normalized spacial score (nSPS) is 15.6. The lowest BCUT2D eigenvalue weighted by molar-refractivity contribution is -0.111. The number of rotatable bonds is 5. The Balaban J connectivity index is 1.77. The molecular weight excluding hydrogens is 407 g/mol. The van der Waals surface area contributed by atoms with Crippen molar-refractivity contribution in [3.63, 3.8) is 0 Å². The van der Waals surface area contributed by atoms with Crippen LogP contribution < -0.4 is 5.32 Å². The van der Waals surface area contributed by atoms with Crippen molar-refractivity contribution in [3.8, 4) is 0 Å². The molecule has 1 heterocycles. The molecule has 0 atom stereocenters. The van der Waals surface area contributed by atoms with Crippen molar-refractivity contribution < 1.29 is 22.3 Å². The first kappa shape index (κ1) is 20.5. The average Bonchev–Trinajstić information content (AvgIpc) is 2.69. The molecule has 0 spiro atoms. The van der Waals surface area contributed by atoms with Crippen LogP contribution in [0.4, 0.5) is 10.1 Å². The number of halogens is 2. The fraction of sp³-hybridized carbons (Fsp3) is 0.211. The molecule has 1 fully saturated rings. The van der Waals surface area contributed by atoms with E-state index in [4.69, 9.17) is 16.3 Å². The molecule has 3 rings (SSSR count). The van der Waals surface area contributed by atoms with Crippen molar-refractivity contribution in [3.05, 3.63) is 64.9 Å². The smallest absolute Gasteiger partial charge is 0.248 e. The van der Waals surface area contributed by atoms with Crippen LogP contribution in [0.5, 0.6) is 0 Å². The highest BCUT2D eigenvalue weighted by molar-refractivity contribution is 7.89. The summed E-state index contributed by atoms with van der Waals surface area (Å²) in [7, 11) is -3.71. The molecule has 0 bridgehead atoms. The third-order valence-corrected chi connectivity index (χ3v) is 6.30. The molecule has 2 aromatic rings. The lowest BCUT2D eigenvalue weighted by atomic mass is 10.2. The third kappa shape index (κ3) is 4.96. The van der Waals surface area contributed by atoms with E-state index in [-0.39, 0.29) is 28.7 Å². The Morgan fingerprint density at radius 3 is 2.64 bits per heavy atom. The Morgan fingerprint density at radius 2 is 1.93 bits per heavy atom. The molecule has 1 amide bonds. The first-order valence-electron chi connectivity index (χ1n) is 8.48. The number of nitrogens with zero attached hydrogens (tertiary/aromatic N) is 1. The van der Waals surface area contributed by atoms with Crippen molar-refractivity contribution in [1.82, 2.24) is 4.31 Å². The van der Waals surface area contributed by atoms with Gasteiger partial charge in [0, 0.05) is 19.2 Å². The van der Waals surface area contributed by atoms with Gasteiger partial charge in [-0.25, -0.2) is 12.8 Å². The van der Waals surface area contributed by atoms with Crippen LogP contribution in [0.3, 0.4) is 0 Å². The average molecular weight is 425 g/mol. The fourth-order valence-electron chi connectivity index (χ4n) is 2.65. The van der Waals surface area contributed by atoms with Gasteiger partial charge in [-0.3, -0.25) is 4.79 Å². The van der Waals surface area contributed by atoms with E-state index in [9.17, 15) is 17.6 Å². The van der Waals surface area contributed by atoms with Gasteiger partial charge < -0.3 is 10.1 Å². The van der Waals surface area contributed by atoms with Crippen LogP contribution >= 0.6 is 11.6 Å². The zero-order chi connectivity index (χ0) is 20.1. The number of benzene rings is 2. The van der Waals surface area contributed by atoms with Gasteiger partial charge in [0.25, 0.3) is 0 Å². The molecule has 0 aromatic heterocycles. The van der Waals surface area contributed by atoms with E-state index in [1.807, 2.05) is 0 Å². The van der Waals surface area contributed by atoms with Gasteiger partial charge >= 0.3 is 0 Å². The molecule has 28 heavy (non-hydrogen) atoms. The summed E-state index contributed by atoms with van der Waals surface area (Å²) in [4.78, 5) is 12.2. The quantitative estimate of drug-likeness (QED) is 0.748. The number of nitrogens with one attached hydrogen (secondary N) is 1. The summed E-state index contributed by atoms with van der Waals surface area (Å²) in [5.74, 6) is -0.932. The zero-order valence-electron chi connectivity index (χ0n) is 14.8. The van der Waals surface area contributed by atoms with Gasteiger partial charge in [-0.2, -0.15) is 4.31 Å². The minimum atomic E-state index is -3.71. The molecule has 1 saturated heterocycles. The van der Waals surface area contributed by atoms with E-state index in [0.29, 0.717) is 18.8 Å². The third-order valence-electron chi connectivity index (χ3n) is 4.08. The van der Waals surface area contributed by atoms with E-state index in [2.05, 4.69) is 5.32 Å². The molecule has 1 aliphatic heterocycles. The summed E-state index contributed by atoms with van der Waals surface area (Å²) < 4.78 is 45.2. The highest BCUT2D eigenvalue weighted by atomic mass is 35.5. The summed E-state index contributed by atoms with van der Waals surface area (Å²) in [6, 6.07) is 9.90. The molecule has 0 unspecified atom stereocenters. The number of sulfonamides is 1. The minimum Gasteiger partial charge on any atom is -0.379 e. The molecule has 6 nitrogen and oxygen atoms in total. The lowest BCUT2D eigenvalue weighted by Crippen LogP contribution is -2.40. The predicted molar refractivity (Wildman–Crippen MR) is 105 cm³/mol. The van der Waals surface area contributed by atoms with Crippen molar-refractivity contribution >= 4 is 39.3 Å². The summed E-state index contributed by atoms with van der Waals surface area (Å²) in [6.07, 6.45) is 2.66. The Morgan fingerprint density at radius 1 is 1.18 bits per heavy atom. The van der Waals surface area contributed by atoms with E-state index in [1.54, 1.807) is 6.07 Å². The predicted octanol–water partition coefficient (Wildman–Crippen LogP) is 3.15. The highest BCUT2D eigenvalue weighted by Gasteiger charge is 2.27. The highest BCUT2D eigenvalue weighted by Crippen LogP contribution is 2.27. The molecule has 9 heteroatoms. The van der Waals surface area contributed by atoms with E-state index < -0.39 is 21.7 Å². The van der Waals surface area contributed by atoms with Crippen molar-refractivity contribution in [1.29, 1.82) is 0 Å². The Bertz CT molecular complexity index is 1000. The summed E-state index contributed by atoms with van der Waals surface area (Å²) in [5.41, 5.74) is 0.690. The van der Waals surface area contributed by atoms with Gasteiger partial charge in [0.1, 0.15) is 5.82 Å². The SMILES string of the molecule is O=C(C=Cc1cccc(F)c1)Nc1cc(S(=O)(=O)N2CCOCC2)ccc1Cl. The maximum atomic E-state index is 13.2. The van der Waals surface area contributed by atoms with E-state index in [0.717, 1.165) is 0 Å². The van der Waals surface area contributed by atoms with Crippen LogP contribution in [0, 0.1) is 5.82 Å². The van der Waals surface area contributed by atoms with Gasteiger partial charge in [-0.05, 0) is 42.0 Å². The van der Waals surface area contributed by atoms with Crippen LogP contribution in [0.2, 0.25) is 5.02 Å². The maximum Gasteiger partial charge on any atom is 0.248 e. The molecular formula is C19H18ClFN2O4S. The molecule has 0 aliphatic carbocycles. The monoisotopic (exact) mass is 424 g/mol. The molecule has 1 N–H and O–H groups in total. The van der Waals surface area contributed by atoms with Crippen molar-refractivity contribution in [2.45, 2.75) is 4.90 Å².